The summed E-state index contributed by atoms with van der Waals surface area (Å²) in [7, 11) is 1.33. The van der Waals surface area contributed by atoms with Gasteiger partial charge in [-0.05, 0) is 42.2 Å². The molecule has 8 heteroatoms. The maximum absolute atomic E-state index is 14.0. The van der Waals surface area contributed by atoms with Crippen LogP contribution >= 0.6 is 0 Å². The Labute approximate surface area is 209 Å². The summed E-state index contributed by atoms with van der Waals surface area (Å²) >= 11 is 0. The van der Waals surface area contributed by atoms with E-state index in [1.54, 1.807) is 6.07 Å². The molecule has 0 amide bonds. The van der Waals surface area contributed by atoms with Crippen molar-refractivity contribution in [2.24, 2.45) is 29.1 Å². The van der Waals surface area contributed by atoms with Crippen molar-refractivity contribution in [3.05, 3.63) is 60.1 Å². The van der Waals surface area contributed by atoms with Crippen molar-refractivity contribution >= 4 is 23.7 Å². The van der Waals surface area contributed by atoms with Crippen LogP contribution in [0.2, 0.25) is 0 Å². The topological polar surface area (TPSA) is 109 Å². The van der Waals surface area contributed by atoms with E-state index < -0.39 is 47.3 Å². The molecule has 1 aromatic heterocycles. The Balaban J connectivity index is 1.45. The van der Waals surface area contributed by atoms with E-state index in [1.807, 2.05) is 37.3 Å². The molecule has 2 aromatic rings. The van der Waals surface area contributed by atoms with Gasteiger partial charge in [0, 0.05) is 17.9 Å². The number of ether oxygens (including phenoxy) is 3. The van der Waals surface area contributed by atoms with Gasteiger partial charge >= 0.3 is 17.9 Å². The number of esters is 3. The number of ketones is 1. The molecule has 0 radical (unpaired) electrons. The highest BCUT2D eigenvalue weighted by Crippen LogP contribution is 2.59. The fraction of sp³-hybridized carbons (Fsp3) is 0.500. The minimum Gasteiger partial charge on any atom is -0.472 e. The van der Waals surface area contributed by atoms with Crippen LogP contribution in [-0.4, -0.2) is 36.9 Å². The SMILES string of the molecule is COC(=O)[C@@H]1C[C@H](OC(=O)Cc2ccccc2)C(=O)[C@@H]2[C@H]3C[C@@H](c4ccoc4)OC(=O)[C@@H]3CC[C@]21C. The third-order valence-electron chi connectivity index (χ3n) is 8.43. The molecule has 0 spiro atoms. The maximum atomic E-state index is 14.0. The van der Waals surface area contributed by atoms with Gasteiger partial charge in [0.2, 0.25) is 0 Å². The minimum atomic E-state index is -1.08. The van der Waals surface area contributed by atoms with Gasteiger partial charge in [0.05, 0.1) is 37.9 Å². The van der Waals surface area contributed by atoms with Crippen LogP contribution in [0.1, 0.15) is 49.8 Å². The lowest BCUT2D eigenvalue weighted by Gasteiger charge is -2.56. The first-order valence-corrected chi connectivity index (χ1v) is 12.4. The Hall–Kier alpha value is -3.42. The fourth-order valence-corrected chi connectivity index (χ4v) is 6.64. The highest BCUT2D eigenvalue weighted by Gasteiger charge is 2.63. The normalized spacial score (nSPS) is 33.6. The number of fused-ring (bicyclic) bond motifs is 3. The van der Waals surface area contributed by atoms with Gasteiger partial charge in [-0.25, -0.2) is 0 Å². The van der Waals surface area contributed by atoms with Crippen LogP contribution in [0.5, 0.6) is 0 Å². The Morgan fingerprint density at radius 3 is 2.58 bits per heavy atom. The quantitative estimate of drug-likeness (QED) is 0.456. The van der Waals surface area contributed by atoms with Crippen molar-refractivity contribution in [1.82, 2.24) is 0 Å². The molecule has 0 bridgehead atoms. The molecule has 1 saturated heterocycles. The van der Waals surface area contributed by atoms with Gasteiger partial charge in [-0.3, -0.25) is 19.2 Å². The van der Waals surface area contributed by atoms with Gasteiger partial charge in [0.25, 0.3) is 0 Å². The lowest BCUT2D eigenvalue weighted by atomic mass is 9.48. The van der Waals surface area contributed by atoms with E-state index >= 15 is 0 Å². The van der Waals surface area contributed by atoms with E-state index in [0.717, 1.165) is 11.1 Å². The van der Waals surface area contributed by atoms with Gasteiger partial charge in [-0.1, -0.05) is 37.3 Å². The molecule has 0 unspecified atom stereocenters. The van der Waals surface area contributed by atoms with Crippen molar-refractivity contribution in [1.29, 1.82) is 0 Å². The highest BCUT2D eigenvalue weighted by atomic mass is 16.6. The Kier molecular flexibility index (Phi) is 6.45. The number of methoxy groups -OCH3 is 1. The van der Waals surface area contributed by atoms with Gasteiger partial charge in [-0.15, -0.1) is 0 Å². The third kappa shape index (κ3) is 4.22. The first-order valence-electron chi connectivity index (χ1n) is 12.4. The molecule has 0 N–H and O–H groups in total. The van der Waals surface area contributed by atoms with Gasteiger partial charge in [0.1, 0.15) is 6.10 Å². The molecule has 1 aromatic carbocycles. The van der Waals surface area contributed by atoms with Crippen molar-refractivity contribution in [3.63, 3.8) is 0 Å². The number of hydrogen-bond donors (Lipinski definition) is 0. The molecule has 7 atom stereocenters. The predicted octanol–water partition coefficient (Wildman–Crippen LogP) is 3.83. The summed E-state index contributed by atoms with van der Waals surface area (Å²) < 4.78 is 21.7. The number of benzene rings is 1. The Morgan fingerprint density at radius 1 is 1.11 bits per heavy atom. The van der Waals surface area contributed by atoms with E-state index in [-0.39, 0.29) is 30.5 Å². The van der Waals surface area contributed by atoms with E-state index in [9.17, 15) is 19.2 Å². The van der Waals surface area contributed by atoms with Crippen LogP contribution in [0.15, 0.2) is 53.3 Å². The number of carbonyl (C=O) groups excluding carboxylic acids is 4. The summed E-state index contributed by atoms with van der Waals surface area (Å²) in [5, 5.41) is 0. The predicted molar refractivity (Wildman–Crippen MR) is 125 cm³/mol. The van der Waals surface area contributed by atoms with Crippen molar-refractivity contribution < 1.29 is 37.8 Å². The van der Waals surface area contributed by atoms with E-state index in [1.165, 1.54) is 19.6 Å². The minimum absolute atomic E-state index is 0.0242. The zero-order chi connectivity index (χ0) is 25.4. The molecule has 36 heavy (non-hydrogen) atoms. The van der Waals surface area contributed by atoms with Crippen molar-refractivity contribution in [2.75, 3.05) is 7.11 Å². The van der Waals surface area contributed by atoms with Crippen LogP contribution < -0.4 is 0 Å². The van der Waals surface area contributed by atoms with Crippen molar-refractivity contribution in [2.45, 2.75) is 51.2 Å². The first-order chi connectivity index (χ1) is 17.3. The molecule has 2 saturated carbocycles. The molecule has 2 aliphatic carbocycles. The zero-order valence-corrected chi connectivity index (χ0v) is 20.4. The average Bonchev–Trinajstić information content (AvgIpc) is 3.40. The molecule has 3 aliphatic rings. The number of rotatable bonds is 5. The largest absolute Gasteiger partial charge is 0.472 e. The average molecular weight is 495 g/mol. The first kappa shape index (κ1) is 24.3. The summed E-state index contributed by atoms with van der Waals surface area (Å²) in [5.74, 6) is -3.61. The third-order valence-corrected chi connectivity index (χ3v) is 8.43. The van der Waals surface area contributed by atoms with Crippen molar-refractivity contribution in [3.8, 4) is 0 Å². The standard InChI is InChI=1S/C28H30O8/c1-28-10-8-18-19(13-21(36-26(18)31)17-9-11-34-15-17)24(28)25(30)22(14-20(28)27(32)33-2)35-23(29)12-16-6-4-3-5-7-16/h3-7,9,11,15,18-22,24H,8,10,12-14H2,1-2H3/t18-,19+,20+,21+,22+,24+,28+/m1/s1. The summed E-state index contributed by atoms with van der Waals surface area (Å²) in [6, 6.07) is 10.9. The number of carbonyl (C=O) groups is 4. The molecule has 8 nitrogen and oxygen atoms in total. The Morgan fingerprint density at radius 2 is 1.89 bits per heavy atom. The van der Waals surface area contributed by atoms with Crippen LogP contribution in [0, 0.1) is 29.1 Å². The molecule has 3 fully saturated rings. The molecular formula is C28H30O8. The van der Waals surface area contributed by atoms with Gasteiger partial charge in [-0.2, -0.15) is 0 Å². The molecule has 190 valence electrons. The lowest BCUT2D eigenvalue weighted by Crippen LogP contribution is -2.61. The van der Waals surface area contributed by atoms with E-state index in [0.29, 0.717) is 19.3 Å². The second-order valence-electron chi connectivity index (χ2n) is 10.4. The van der Waals surface area contributed by atoms with Gasteiger partial charge < -0.3 is 18.6 Å². The second-order valence-corrected chi connectivity index (χ2v) is 10.4. The summed E-state index contributed by atoms with van der Waals surface area (Å²) in [6.45, 7) is 1.93. The summed E-state index contributed by atoms with van der Waals surface area (Å²) in [5.41, 5.74) is 0.787. The monoisotopic (exact) mass is 494 g/mol. The zero-order valence-electron chi connectivity index (χ0n) is 20.4. The van der Waals surface area contributed by atoms with E-state index in [4.69, 9.17) is 18.6 Å². The number of hydrogen-bond acceptors (Lipinski definition) is 8. The van der Waals surface area contributed by atoms with Crippen LogP contribution in [0.4, 0.5) is 0 Å². The van der Waals surface area contributed by atoms with Crippen LogP contribution in [0.3, 0.4) is 0 Å². The van der Waals surface area contributed by atoms with Gasteiger partial charge in [0.15, 0.2) is 11.9 Å². The fourth-order valence-electron chi connectivity index (χ4n) is 6.64. The highest BCUT2D eigenvalue weighted by molar-refractivity contribution is 5.92. The smallest absolute Gasteiger partial charge is 0.310 e. The number of furan rings is 1. The lowest BCUT2D eigenvalue weighted by molar-refractivity contribution is -0.194. The number of Topliss-reactive ketones (excluding diaryl/α,β-unsaturated/α-hetero) is 1. The summed E-state index contributed by atoms with van der Waals surface area (Å²) in [6.07, 6.45) is 2.99. The molecule has 5 rings (SSSR count). The maximum Gasteiger partial charge on any atom is 0.310 e. The molecule has 1 aliphatic heterocycles. The van der Waals surface area contributed by atoms with Crippen LogP contribution in [0.25, 0.3) is 0 Å². The molecular weight excluding hydrogens is 464 g/mol. The summed E-state index contributed by atoms with van der Waals surface area (Å²) in [4.78, 5) is 52.7. The van der Waals surface area contributed by atoms with E-state index in [2.05, 4.69) is 0 Å². The Bertz CT molecular complexity index is 1140. The second kappa shape index (κ2) is 9.56. The number of cyclic esters (lactones) is 1. The molecule has 2 heterocycles. The van der Waals surface area contributed by atoms with Crippen LogP contribution in [-0.2, 0) is 39.8 Å².